The number of hydrogen-bond acceptors (Lipinski definition) is 5. The summed E-state index contributed by atoms with van der Waals surface area (Å²) < 4.78 is 44.7. The predicted octanol–water partition coefficient (Wildman–Crippen LogP) is 4.61. The first kappa shape index (κ1) is 19.9. The highest BCUT2D eigenvalue weighted by atomic mass is 35.5. The van der Waals surface area contributed by atoms with E-state index in [0.29, 0.717) is 35.6 Å². The molecular weight excluding hydrogens is 459 g/mol. The smallest absolute Gasteiger partial charge is 0.256 e. The van der Waals surface area contributed by atoms with Gasteiger partial charge in [0, 0.05) is 42.5 Å². The van der Waals surface area contributed by atoms with Gasteiger partial charge in [-0.1, -0.05) is 11.6 Å². The van der Waals surface area contributed by atoms with Gasteiger partial charge in [-0.2, -0.15) is 5.10 Å². The van der Waals surface area contributed by atoms with Gasteiger partial charge in [0.2, 0.25) is 0 Å². The third-order valence-electron chi connectivity index (χ3n) is 5.59. The lowest BCUT2D eigenvalue weighted by molar-refractivity contribution is 0.0765. The third-order valence-corrected chi connectivity index (χ3v) is 5.93. The summed E-state index contributed by atoms with van der Waals surface area (Å²) in [4.78, 5) is 17.8. The Morgan fingerprint density at radius 2 is 2.09 bits per heavy atom. The van der Waals surface area contributed by atoms with Crippen molar-refractivity contribution in [2.45, 2.75) is 13.0 Å². The van der Waals surface area contributed by atoms with Crippen molar-refractivity contribution in [1.82, 2.24) is 19.7 Å². The Bertz CT molecular complexity index is 1470. The minimum atomic E-state index is -2.19. The second-order valence-electron chi connectivity index (χ2n) is 7.84. The molecule has 34 heavy (non-hydrogen) atoms. The molecule has 0 aliphatic carbocycles. The lowest BCUT2D eigenvalue weighted by atomic mass is 9.99. The Hall–Kier alpha value is -3.49. The summed E-state index contributed by atoms with van der Waals surface area (Å²) in [6.45, 7) is -1.75. The average molecular weight is 483 g/mol. The molecule has 1 aliphatic heterocycles. The van der Waals surface area contributed by atoms with E-state index in [-0.39, 0.29) is 28.4 Å². The molecule has 0 N–H and O–H groups in total. The second kappa shape index (κ2) is 9.04. The summed E-state index contributed by atoms with van der Waals surface area (Å²) in [5.74, 6) is -0.635. The van der Waals surface area contributed by atoms with Crippen molar-refractivity contribution in [2.24, 2.45) is 7.05 Å². The van der Waals surface area contributed by atoms with Gasteiger partial charge in [0.15, 0.2) is 0 Å². The Morgan fingerprint density at radius 3 is 2.85 bits per heavy atom. The maximum Gasteiger partial charge on any atom is 0.256 e. The Balaban J connectivity index is 1.50. The lowest BCUT2D eigenvalue weighted by Crippen LogP contribution is -2.24. The van der Waals surface area contributed by atoms with E-state index in [9.17, 15) is 4.79 Å². The number of benzene rings is 2. The maximum absolute atomic E-state index is 15.4. The number of pyridine rings is 1. The minimum Gasteiger partial charge on any atom is -0.489 e. The van der Waals surface area contributed by atoms with Crippen LogP contribution in [-0.2, 0) is 24.8 Å². The van der Waals surface area contributed by atoms with Crippen molar-refractivity contribution in [3.05, 3.63) is 76.5 Å². The normalized spacial score (nSPS) is 15.4. The predicted molar refractivity (Wildman–Crippen MR) is 126 cm³/mol. The lowest BCUT2D eigenvalue weighted by Gasteiger charge is -2.18. The number of halogens is 2. The largest absolute Gasteiger partial charge is 0.489 e. The molecule has 4 aromatic rings. The quantitative estimate of drug-likeness (QED) is 0.360. The fourth-order valence-electron chi connectivity index (χ4n) is 3.97. The van der Waals surface area contributed by atoms with Gasteiger partial charge in [-0.05, 0) is 47.5 Å². The molecule has 174 valence electrons. The molecule has 1 aliphatic rings. The zero-order valence-corrected chi connectivity index (χ0v) is 19.3. The van der Waals surface area contributed by atoms with Gasteiger partial charge in [-0.25, -0.2) is 4.39 Å². The summed E-state index contributed by atoms with van der Waals surface area (Å²) in [6, 6.07) is 9.57. The van der Waals surface area contributed by atoms with Crippen LogP contribution in [0.4, 0.5) is 4.39 Å². The number of rotatable bonds is 7. The average Bonchev–Trinajstić information content (AvgIpc) is 3.32. The van der Waals surface area contributed by atoms with Crippen molar-refractivity contribution < 1.29 is 21.4 Å². The number of carbonyl (C=O) groups is 1. The van der Waals surface area contributed by atoms with Crippen LogP contribution in [-0.4, -0.2) is 45.9 Å². The van der Waals surface area contributed by atoms with E-state index < -0.39 is 18.2 Å². The van der Waals surface area contributed by atoms with Crippen LogP contribution in [0.3, 0.4) is 0 Å². The molecule has 0 saturated carbocycles. The summed E-state index contributed by atoms with van der Waals surface area (Å²) in [5.41, 5.74) is 2.02. The monoisotopic (exact) mass is 482 g/mol. The minimum absolute atomic E-state index is 0.00919. The topological polar surface area (TPSA) is 69.5 Å². The van der Waals surface area contributed by atoms with Crippen LogP contribution in [0.1, 0.15) is 24.4 Å². The molecule has 7 nitrogen and oxygen atoms in total. The highest BCUT2D eigenvalue weighted by molar-refractivity contribution is 6.31. The highest BCUT2D eigenvalue weighted by Gasteiger charge is 2.29. The van der Waals surface area contributed by atoms with Crippen molar-refractivity contribution in [1.29, 1.82) is 0 Å². The van der Waals surface area contributed by atoms with Crippen LogP contribution in [0, 0.1) is 5.82 Å². The maximum atomic E-state index is 15.4. The first-order chi connectivity index (χ1) is 17.2. The molecule has 0 unspecified atom stereocenters. The number of nitrogens with zero attached hydrogens (tertiary/aromatic N) is 4. The standard InChI is InChI=1S/C25H22ClFN4O3/c1-30-12-18-16(5-6-23(24(18)29-30)34-9-8-33-2)15-10-20(26)19(21(27)11-15)13-31-14-22-17(25(31)32)4-3-7-28-22/h3-7,10-12H,8-9,13-14H2,1-2H3/i14D2. The number of hydrogen-bond donors (Lipinski definition) is 0. The van der Waals surface area contributed by atoms with Gasteiger partial charge < -0.3 is 14.4 Å². The van der Waals surface area contributed by atoms with Gasteiger partial charge in [0.1, 0.15) is 23.7 Å². The second-order valence-corrected chi connectivity index (χ2v) is 8.25. The van der Waals surface area contributed by atoms with E-state index in [1.165, 1.54) is 18.3 Å². The zero-order valence-electron chi connectivity index (χ0n) is 20.5. The summed E-state index contributed by atoms with van der Waals surface area (Å²) in [7, 11) is 3.38. The third kappa shape index (κ3) is 3.99. The molecule has 0 spiro atoms. The van der Waals surface area contributed by atoms with Gasteiger partial charge in [0.25, 0.3) is 5.91 Å². The molecule has 0 atom stereocenters. The summed E-state index contributed by atoms with van der Waals surface area (Å²) in [5, 5.41) is 5.32. The van der Waals surface area contributed by atoms with Crippen molar-refractivity contribution in [3.8, 4) is 16.9 Å². The van der Waals surface area contributed by atoms with Crippen LogP contribution in [0.5, 0.6) is 5.75 Å². The molecule has 5 rings (SSSR count). The molecule has 0 saturated heterocycles. The van der Waals surface area contributed by atoms with E-state index in [0.717, 1.165) is 10.3 Å². The Kier molecular flexibility index (Phi) is 5.30. The first-order valence-electron chi connectivity index (χ1n) is 11.6. The molecule has 3 heterocycles. The number of carbonyl (C=O) groups excluding carboxylic acids is 1. The van der Waals surface area contributed by atoms with Gasteiger partial charge >= 0.3 is 0 Å². The van der Waals surface area contributed by atoms with Crippen molar-refractivity contribution in [3.63, 3.8) is 0 Å². The molecule has 1 amide bonds. The number of ether oxygens (including phenoxy) is 2. The zero-order chi connectivity index (χ0) is 25.6. The molecule has 2 aromatic heterocycles. The number of methoxy groups -OCH3 is 1. The molecular formula is C25H22ClFN4O3. The van der Waals surface area contributed by atoms with Crippen LogP contribution in [0.15, 0.2) is 48.8 Å². The SMILES string of the molecule is [2H]C1([2H])c2ncccc2C(=O)N1Cc1c(F)cc(-c2ccc(OCCOC)c3nn(C)cc23)cc1Cl. The number of fused-ring (bicyclic) bond motifs is 2. The summed E-state index contributed by atoms with van der Waals surface area (Å²) in [6.07, 6.45) is 3.23. The van der Waals surface area contributed by atoms with E-state index in [4.69, 9.17) is 23.8 Å². The van der Waals surface area contributed by atoms with Gasteiger partial charge in [0.05, 0.1) is 33.6 Å². The van der Waals surface area contributed by atoms with Gasteiger partial charge in [-0.15, -0.1) is 0 Å². The number of amides is 1. The highest BCUT2D eigenvalue weighted by Crippen LogP contribution is 2.37. The van der Waals surface area contributed by atoms with E-state index in [1.807, 2.05) is 12.3 Å². The first-order valence-corrected chi connectivity index (χ1v) is 10.9. The number of aromatic nitrogens is 3. The van der Waals surface area contributed by atoms with Crippen molar-refractivity contribution >= 4 is 28.4 Å². The molecule has 0 fully saturated rings. The molecule has 0 bridgehead atoms. The van der Waals surface area contributed by atoms with Gasteiger partial charge in [-0.3, -0.25) is 14.5 Å². The van der Waals surface area contributed by atoms with Crippen LogP contribution >= 0.6 is 11.6 Å². The van der Waals surface area contributed by atoms with Crippen LogP contribution < -0.4 is 4.74 Å². The number of aryl methyl sites for hydroxylation is 1. The molecule has 9 heteroatoms. The van der Waals surface area contributed by atoms with E-state index in [2.05, 4.69) is 10.1 Å². The van der Waals surface area contributed by atoms with Crippen LogP contribution in [0.2, 0.25) is 5.02 Å². The summed E-state index contributed by atoms with van der Waals surface area (Å²) >= 11 is 6.51. The molecule has 2 aromatic carbocycles. The van der Waals surface area contributed by atoms with E-state index in [1.54, 1.807) is 37.0 Å². The van der Waals surface area contributed by atoms with Crippen LogP contribution in [0.25, 0.3) is 22.0 Å². The Morgan fingerprint density at radius 1 is 1.24 bits per heavy atom. The van der Waals surface area contributed by atoms with Crippen molar-refractivity contribution in [2.75, 3.05) is 20.3 Å². The Labute approximate surface area is 203 Å². The fourth-order valence-corrected chi connectivity index (χ4v) is 4.24. The molecule has 0 radical (unpaired) electrons. The fraction of sp³-hybridized carbons (Fsp3) is 0.240. The van der Waals surface area contributed by atoms with E-state index >= 15 is 4.39 Å².